The fourth-order valence-corrected chi connectivity index (χ4v) is 3.08. The molecule has 1 saturated heterocycles. The van der Waals surface area contributed by atoms with Crippen LogP contribution in [0.1, 0.15) is 36.8 Å². The molecule has 1 fully saturated rings. The van der Waals surface area contributed by atoms with Gasteiger partial charge in [-0.1, -0.05) is 42.8 Å². The Hall–Kier alpha value is -2.13. The van der Waals surface area contributed by atoms with E-state index in [0.717, 1.165) is 12.0 Å². The summed E-state index contributed by atoms with van der Waals surface area (Å²) in [5.74, 6) is -0.366. The van der Waals surface area contributed by atoms with Crippen molar-refractivity contribution < 1.29 is 9.59 Å². The van der Waals surface area contributed by atoms with Gasteiger partial charge in [0.25, 0.3) is 0 Å². The number of rotatable bonds is 3. The van der Waals surface area contributed by atoms with Gasteiger partial charge in [0.05, 0.1) is 5.69 Å². The number of amides is 2. The van der Waals surface area contributed by atoms with E-state index in [2.05, 4.69) is 6.92 Å². The molecule has 2 aromatic rings. The first-order valence-corrected chi connectivity index (χ1v) is 8.16. The van der Waals surface area contributed by atoms with E-state index in [-0.39, 0.29) is 17.7 Å². The van der Waals surface area contributed by atoms with Crippen LogP contribution in [-0.4, -0.2) is 11.8 Å². The van der Waals surface area contributed by atoms with Crippen LogP contribution >= 0.6 is 11.6 Å². The molecule has 2 amide bonds. The maximum absolute atomic E-state index is 12.5. The topological polar surface area (TPSA) is 37.4 Å². The van der Waals surface area contributed by atoms with Crippen LogP contribution in [0.2, 0.25) is 5.02 Å². The standard InChI is InChI=1S/C19H18ClNO2/c1-2-13-3-9-17(10-4-13)21-18(22)11-15(12-19(21)23)14-5-7-16(20)8-6-14/h3-10,15H,2,11-12H2,1H3. The second-order valence-corrected chi connectivity index (χ2v) is 6.24. The Bertz CT molecular complexity index is 704. The van der Waals surface area contributed by atoms with Gasteiger partial charge < -0.3 is 0 Å². The molecule has 4 heteroatoms. The summed E-state index contributed by atoms with van der Waals surface area (Å²) >= 11 is 5.89. The summed E-state index contributed by atoms with van der Waals surface area (Å²) in [4.78, 5) is 26.3. The number of hydrogen-bond acceptors (Lipinski definition) is 2. The highest BCUT2D eigenvalue weighted by molar-refractivity contribution is 6.30. The van der Waals surface area contributed by atoms with Gasteiger partial charge in [-0.25, -0.2) is 0 Å². The van der Waals surface area contributed by atoms with Crippen LogP contribution in [0.3, 0.4) is 0 Å². The van der Waals surface area contributed by atoms with E-state index in [1.807, 2.05) is 36.4 Å². The van der Waals surface area contributed by atoms with Gasteiger partial charge in [-0.3, -0.25) is 14.5 Å². The maximum atomic E-state index is 12.5. The molecule has 0 atom stereocenters. The van der Waals surface area contributed by atoms with Crippen molar-refractivity contribution in [2.75, 3.05) is 4.90 Å². The monoisotopic (exact) mass is 327 g/mol. The predicted molar refractivity (Wildman–Crippen MR) is 91.7 cm³/mol. The fraction of sp³-hybridized carbons (Fsp3) is 0.263. The minimum Gasteiger partial charge on any atom is -0.274 e. The number of anilines is 1. The number of carbonyl (C=O) groups excluding carboxylic acids is 2. The minimum atomic E-state index is -0.148. The fourth-order valence-electron chi connectivity index (χ4n) is 2.95. The number of imide groups is 1. The van der Waals surface area contributed by atoms with Crippen molar-refractivity contribution in [2.24, 2.45) is 0 Å². The first-order valence-electron chi connectivity index (χ1n) is 7.78. The number of nitrogens with zero attached hydrogens (tertiary/aromatic N) is 1. The van der Waals surface area contributed by atoms with E-state index in [1.54, 1.807) is 12.1 Å². The summed E-state index contributed by atoms with van der Waals surface area (Å²) in [6.07, 6.45) is 1.60. The van der Waals surface area contributed by atoms with Gasteiger partial charge in [0, 0.05) is 23.8 Å². The van der Waals surface area contributed by atoms with E-state index in [9.17, 15) is 9.59 Å². The first-order chi connectivity index (χ1) is 11.1. The third kappa shape index (κ3) is 3.30. The molecule has 0 spiro atoms. The SMILES string of the molecule is CCc1ccc(N2C(=O)CC(c3ccc(Cl)cc3)CC2=O)cc1. The first kappa shape index (κ1) is 15.8. The predicted octanol–water partition coefficient (Wildman–Crippen LogP) is 4.34. The summed E-state index contributed by atoms with van der Waals surface area (Å²) in [6, 6.07) is 15.0. The molecule has 0 radical (unpaired) electrons. The Morgan fingerprint density at radius 2 is 1.52 bits per heavy atom. The lowest BCUT2D eigenvalue weighted by Crippen LogP contribution is -2.42. The van der Waals surface area contributed by atoms with Crippen molar-refractivity contribution in [3.8, 4) is 0 Å². The third-order valence-electron chi connectivity index (χ3n) is 4.29. The van der Waals surface area contributed by atoms with Crippen LogP contribution in [0, 0.1) is 0 Å². The molecule has 0 N–H and O–H groups in total. The summed E-state index contributed by atoms with van der Waals surface area (Å²) in [7, 11) is 0. The summed E-state index contributed by atoms with van der Waals surface area (Å²) in [5.41, 5.74) is 2.83. The van der Waals surface area contributed by atoms with Gasteiger partial charge in [0.1, 0.15) is 0 Å². The molecule has 0 unspecified atom stereocenters. The van der Waals surface area contributed by atoms with Crippen LogP contribution < -0.4 is 4.90 Å². The van der Waals surface area contributed by atoms with Crippen molar-refractivity contribution in [1.82, 2.24) is 0 Å². The molecule has 0 aromatic heterocycles. The molecule has 1 aliphatic heterocycles. The van der Waals surface area contributed by atoms with Crippen LogP contribution in [0.25, 0.3) is 0 Å². The van der Waals surface area contributed by atoms with E-state index in [4.69, 9.17) is 11.6 Å². The molecule has 0 saturated carbocycles. The molecule has 3 rings (SSSR count). The number of aryl methyl sites for hydroxylation is 1. The maximum Gasteiger partial charge on any atom is 0.234 e. The van der Waals surface area contributed by atoms with Gasteiger partial charge in [-0.05, 0) is 41.8 Å². The second-order valence-electron chi connectivity index (χ2n) is 5.80. The quantitative estimate of drug-likeness (QED) is 0.786. The van der Waals surface area contributed by atoms with Crippen LogP contribution in [0.15, 0.2) is 48.5 Å². The molecule has 0 bridgehead atoms. The van der Waals surface area contributed by atoms with Crippen molar-refractivity contribution in [3.63, 3.8) is 0 Å². The molecule has 1 aliphatic rings. The largest absolute Gasteiger partial charge is 0.274 e. The second kappa shape index (κ2) is 6.55. The van der Waals surface area contributed by atoms with Crippen molar-refractivity contribution >= 4 is 29.1 Å². The number of hydrogen-bond donors (Lipinski definition) is 0. The van der Waals surface area contributed by atoms with E-state index in [1.165, 1.54) is 10.5 Å². The Kier molecular flexibility index (Phi) is 4.49. The average molecular weight is 328 g/mol. The molecule has 0 aliphatic carbocycles. The van der Waals surface area contributed by atoms with Gasteiger partial charge in [-0.2, -0.15) is 0 Å². The zero-order valence-electron chi connectivity index (χ0n) is 13.0. The highest BCUT2D eigenvalue weighted by Gasteiger charge is 2.34. The van der Waals surface area contributed by atoms with Gasteiger partial charge in [-0.15, -0.1) is 0 Å². The lowest BCUT2D eigenvalue weighted by atomic mass is 9.88. The number of benzene rings is 2. The van der Waals surface area contributed by atoms with E-state index < -0.39 is 0 Å². The van der Waals surface area contributed by atoms with Gasteiger partial charge >= 0.3 is 0 Å². The zero-order valence-corrected chi connectivity index (χ0v) is 13.7. The van der Waals surface area contributed by atoms with Gasteiger partial charge in [0.2, 0.25) is 11.8 Å². The molecule has 23 heavy (non-hydrogen) atoms. The average Bonchev–Trinajstić information content (AvgIpc) is 2.55. The van der Waals surface area contributed by atoms with Crippen LogP contribution in [0.5, 0.6) is 0 Å². The molecule has 3 nitrogen and oxygen atoms in total. The zero-order chi connectivity index (χ0) is 16.4. The lowest BCUT2D eigenvalue weighted by Gasteiger charge is -2.30. The molecular formula is C19H18ClNO2. The Labute approximate surface area is 140 Å². The van der Waals surface area contributed by atoms with E-state index >= 15 is 0 Å². The van der Waals surface area contributed by atoms with Crippen molar-refractivity contribution in [1.29, 1.82) is 0 Å². The number of halogens is 1. The lowest BCUT2D eigenvalue weighted by molar-refractivity contribution is -0.129. The van der Waals surface area contributed by atoms with Crippen LogP contribution in [-0.2, 0) is 16.0 Å². The summed E-state index contributed by atoms with van der Waals surface area (Å²) in [5, 5.41) is 0.653. The normalized spacial score (nSPS) is 16.0. The summed E-state index contributed by atoms with van der Waals surface area (Å²) < 4.78 is 0. The smallest absolute Gasteiger partial charge is 0.234 e. The molecule has 118 valence electrons. The Morgan fingerprint density at radius 3 is 2.04 bits per heavy atom. The Morgan fingerprint density at radius 1 is 0.957 bits per heavy atom. The highest BCUT2D eigenvalue weighted by atomic mass is 35.5. The molecule has 2 aromatic carbocycles. The van der Waals surface area contributed by atoms with Crippen molar-refractivity contribution in [2.45, 2.75) is 32.1 Å². The van der Waals surface area contributed by atoms with Crippen molar-refractivity contribution in [3.05, 3.63) is 64.7 Å². The molecular weight excluding hydrogens is 310 g/mol. The Balaban J connectivity index is 1.80. The number of piperidine rings is 1. The summed E-state index contributed by atoms with van der Waals surface area (Å²) in [6.45, 7) is 2.07. The third-order valence-corrected chi connectivity index (χ3v) is 4.54. The highest BCUT2D eigenvalue weighted by Crippen LogP contribution is 2.32. The molecule has 1 heterocycles. The van der Waals surface area contributed by atoms with Crippen LogP contribution in [0.4, 0.5) is 5.69 Å². The van der Waals surface area contributed by atoms with E-state index in [0.29, 0.717) is 23.6 Å². The minimum absolute atomic E-state index is 0.0709. The number of carbonyl (C=O) groups is 2. The van der Waals surface area contributed by atoms with Gasteiger partial charge in [0.15, 0.2) is 0 Å².